The average Bonchev–Trinajstić information content (AvgIpc) is 3.34. The lowest BCUT2D eigenvalue weighted by Gasteiger charge is -2.32. The Morgan fingerprint density at radius 1 is 1.30 bits per heavy atom. The molecule has 0 spiro atoms. The first-order valence-electron chi connectivity index (χ1n) is 9.91. The molecule has 3 rings (SSSR count). The van der Waals surface area contributed by atoms with E-state index in [1.807, 2.05) is 51.2 Å². The lowest BCUT2D eigenvalue weighted by molar-refractivity contribution is -0.140. The third-order valence-corrected chi connectivity index (χ3v) is 6.29. The second-order valence-electron chi connectivity index (χ2n) is 8.77. The quantitative estimate of drug-likeness (QED) is 0.703. The van der Waals surface area contributed by atoms with Crippen molar-refractivity contribution in [3.8, 4) is 10.4 Å². The van der Waals surface area contributed by atoms with Crippen molar-refractivity contribution < 1.29 is 14.7 Å². The van der Waals surface area contributed by atoms with Gasteiger partial charge in [-0.25, -0.2) is 0 Å². The fourth-order valence-electron chi connectivity index (χ4n) is 3.54. The number of hydrogen-bond donors (Lipinski definition) is 2. The molecule has 30 heavy (non-hydrogen) atoms. The molecular formula is C22H30ClN3O3S. The number of aryl methyl sites for hydroxylation is 1. The number of halogens is 1. The van der Waals surface area contributed by atoms with Gasteiger partial charge < -0.3 is 15.7 Å². The lowest BCUT2D eigenvalue weighted by atomic mass is 9.86. The van der Waals surface area contributed by atoms with Crippen LogP contribution in [-0.4, -0.2) is 51.4 Å². The SMILES string of the molecule is CC(C)(C)[C@H](N)C(=O)N1C[C@H](O)C[C@H]1C(=O)CCc1ccc(-c2cncs2)cc1.Cl. The number of hydrogen-bond acceptors (Lipinski definition) is 6. The second-order valence-corrected chi connectivity index (χ2v) is 9.65. The van der Waals surface area contributed by atoms with Crippen molar-refractivity contribution in [1.82, 2.24) is 9.88 Å². The molecule has 1 aliphatic heterocycles. The third kappa shape index (κ3) is 5.66. The number of carbonyl (C=O) groups excluding carboxylic acids is 2. The van der Waals surface area contributed by atoms with Gasteiger partial charge in [0.1, 0.15) is 0 Å². The molecule has 0 bridgehead atoms. The number of benzene rings is 1. The van der Waals surface area contributed by atoms with Gasteiger partial charge in [0.05, 0.1) is 28.6 Å². The van der Waals surface area contributed by atoms with Gasteiger partial charge in [-0.15, -0.1) is 23.7 Å². The Morgan fingerprint density at radius 3 is 2.53 bits per heavy atom. The summed E-state index contributed by atoms with van der Waals surface area (Å²) < 4.78 is 0. The maximum absolute atomic E-state index is 12.9. The minimum Gasteiger partial charge on any atom is -0.391 e. The zero-order valence-corrected chi connectivity index (χ0v) is 19.2. The highest BCUT2D eigenvalue weighted by atomic mass is 35.5. The van der Waals surface area contributed by atoms with Crippen LogP contribution in [0.5, 0.6) is 0 Å². The van der Waals surface area contributed by atoms with Crippen LogP contribution >= 0.6 is 23.7 Å². The van der Waals surface area contributed by atoms with Crippen molar-refractivity contribution >= 4 is 35.4 Å². The van der Waals surface area contributed by atoms with Gasteiger partial charge in [0.2, 0.25) is 5.91 Å². The Bertz CT molecular complexity index is 850. The molecule has 0 saturated carbocycles. The monoisotopic (exact) mass is 451 g/mol. The summed E-state index contributed by atoms with van der Waals surface area (Å²) >= 11 is 1.59. The summed E-state index contributed by atoms with van der Waals surface area (Å²) in [5.41, 5.74) is 9.68. The van der Waals surface area contributed by atoms with Gasteiger partial charge in [0.15, 0.2) is 5.78 Å². The second kappa shape index (κ2) is 10.0. The predicted molar refractivity (Wildman–Crippen MR) is 122 cm³/mol. The van der Waals surface area contributed by atoms with E-state index in [1.54, 1.807) is 16.8 Å². The van der Waals surface area contributed by atoms with Crippen molar-refractivity contribution in [2.24, 2.45) is 11.1 Å². The number of nitrogens with zero attached hydrogens (tertiary/aromatic N) is 2. The van der Waals surface area contributed by atoms with E-state index < -0.39 is 23.6 Å². The van der Waals surface area contributed by atoms with Gasteiger partial charge in [0, 0.05) is 25.6 Å². The van der Waals surface area contributed by atoms with Crippen LogP contribution in [0.3, 0.4) is 0 Å². The first-order chi connectivity index (χ1) is 13.7. The zero-order chi connectivity index (χ0) is 21.2. The number of carbonyl (C=O) groups is 2. The van der Waals surface area contributed by atoms with Crippen LogP contribution in [0.2, 0.25) is 0 Å². The maximum atomic E-state index is 12.9. The molecule has 1 saturated heterocycles. The fourth-order valence-corrected chi connectivity index (χ4v) is 4.17. The van der Waals surface area contributed by atoms with Gasteiger partial charge in [0.25, 0.3) is 0 Å². The summed E-state index contributed by atoms with van der Waals surface area (Å²) in [6.07, 6.45) is 2.36. The number of aliphatic hydroxyl groups excluding tert-OH is 1. The lowest BCUT2D eigenvalue weighted by Crippen LogP contribution is -2.53. The van der Waals surface area contributed by atoms with E-state index in [-0.39, 0.29) is 37.1 Å². The molecular weight excluding hydrogens is 422 g/mol. The molecule has 1 aromatic heterocycles. The molecule has 3 atom stereocenters. The largest absolute Gasteiger partial charge is 0.391 e. The smallest absolute Gasteiger partial charge is 0.240 e. The van der Waals surface area contributed by atoms with Gasteiger partial charge in [-0.1, -0.05) is 45.0 Å². The zero-order valence-electron chi connectivity index (χ0n) is 17.6. The number of aromatic nitrogens is 1. The van der Waals surface area contributed by atoms with Crippen LogP contribution < -0.4 is 5.73 Å². The fraction of sp³-hybridized carbons (Fsp3) is 0.500. The first kappa shape index (κ1) is 24.5. The van der Waals surface area contributed by atoms with Crippen molar-refractivity contribution in [3.05, 3.63) is 41.5 Å². The molecule has 1 aromatic carbocycles. The van der Waals surface area contributed by atoms with Crippen LogP contribution in [0.25, 0.3) is 10.4 Å². The highest BCUT2D eigenvalue weighted by Crippen LogP contribution is 2.27. The van der Waals surface area contributed by atoms with Crippen LogP contribution in [-0.2, 0) is 16.0 Å². The molecule has 1 fully saturated rings. The maximum Gasteiger partial charge on any atom is 0.240 e. The Kier molecular flexibility index (Phi) is 8.16. The molecule has 164 valence electrons. The number of rotatable bonds is 6. The topological polar surface area (TPSA) is 96.5 Å². The van der Waals surface area contributed by atoms with E-state index in [1.165, 1.54) is 4.90 Å². The molecule has 2 aromatic rings. The van der Waals surface area contributed by atoms with Crippen molar-refractivity contribution in [2.45, 2.75) is 58.2 Å². The molecule has 8 heteroatoms. The van der Waals surface area contributed by atoms with E-state index >= 15 is 0 Å². The van der Waals surface area contributed by atoms with Crippen molar-refractivity contribution in [2.75, 3.05) is 6.54 Å². The first-order valence-corrected chi connectivity index (χ1v) is 10.8. The predicted octanol–water partition coefficient (Wildman–Crippen LogP) is 3.07. The van der Waals surface area contributed by atoms with E-state index in [0.29, 0.717) is 12.8 Å². The number of thiazole rings is 1. The van der Waals surface area contributed by atoms with Crippen LogP contribution in [0.4, 0.5) is 0 Å². The molecule has 2 heterocycles. The highest BCUT2D eigenvalue weighted by Gasteiger charge is 2.42. The number of β-amino-alcohol motifs (C(OH)–C–C–N with tert-alkyl or cyclic N) is 1. The molecule has 0 unspecified atom stereocenters. The molecule has 0 radical (unpaired) electrons. The molecule has 3 N–H and O–H groups in total. The molecule has 1 aliphatic rings. The number of aliphatic hydroxyl groups is 1. The normalized spacial score (nSPS) is 20.0. The van der Waals surface area contributed by atoms with E-state index in [2.05, 4.69) is 4.98 Å². The number of likely N-dealkylation sites (tertiary alicyclic amines) is 1. The highest BCUT2D eigenvalue weighted by molar-refractivity contribution is 7.13. The van der Waals surface area contributed by atoms with Gasteiger partial charge in [-0.2, -0.15) is 0 Å². The summed E-state index contributed by atoms with van der Waals surface area (Å²) in [5.74, 6) is -0.288. The summed E-state index contributed by atoms with van der Waals surface area (Å²) in [6, 6.07) is 6.80. The Morgan fingerprint density at radius 2 is 1.97 bits per heavy atom. The number of ketones is 1. The number of amides is 1. The summed E-state index contributed by atoms with van der Waals surface area (Å²) in [7, 11) is 0. The van der Waals surface area contributed by atoms with Gasteiger partial charge in [-0.3, -0.25) is 14.6 Å². The average molecular weight is 452 g/mol. The van der Waals surface area contributed by atoms with Crippen molar-refractivity contribution in [1.29, 1.82) is 0 Å². The number of nitrogens with two attached hydrogens (primary N) is 1. The third-order valence-electron chi connectivity index (χ3n) is 5.46. The summed E-state index contributed by atoms with van der Waals surface area (Å²) in [6.45, 7) is 5.86. The Hall–Kier alpha value is -1.80. The minimum absolute atomic E-state index is 0. The van der Waals surface area contributed by atoms with Crippen LogP contribution in [0.15, 0.2) is 36.0 Å². The van der Waals surface area contributed by atoms with Crippen LogP contribution in [0, 0.1) is 5.41 Å². The summed E-state index contributed by atoms with van der Waals surface area (Å²) in [5, 5.41) is 10.1. The Labute approximate surface area is 187 Å². The molecule has 1 amide bonds. The van der Waals surface area contributed by atoms with Crippen molar-refractivity contribution in [3.63, 3.8) is 0 Å². The molecule has 6 nitrogen and oxygen atoms in total. The number of Topliss-reactive ketones (excluding diaryl/α,β-unsaturated/α-hetero) is 1. The van der Waals surface area contributed by atoms with Gasteiger partial charge >= 0.3 is 0 Å². The Balaban J connectivity index is 0.00000320. The van der Waals surface area contributed by atoms with E-state index in [4.69, 9.17) is 5.73 Å². The standard InChI is InChI=1S/C22H29N3O3S.ClH/c1-22(2,3)20(23)21(28)25-12-16(26)10-17(25)18(27)9-6-14-4-7-15(8-5-14)19-11-24-13-29-19;/h4-5,7-8,11,13,16-17,20,26H,6,9-10,12,23H2,1-3H3;1H/t16-,17+,20-;/m1./s1. The summed E-state index contributed by atoms with van der Waals surface area (Å²) in [4.78, 5) is 32.3. The minimum atomic E-state index is -0.706. The molecule has 0 aliphatic carbocycles. The van der Waals surface area contributed by atoms with Gasteiger partial charge in [-0.05, 0) is 23.0 Å². The van der Waals surface area contributed by atoms with Crippen LogP contribution in [0.1, 0.15) is 39.2 Å². The van der Waals surface area contributed by atoms with E-state index in [0.717, 1.165) is 16.0 Å². The van der Waals surface area contributed by atoms with E-state index in [9.17, 15) is 14.7 Å².